The number of ether oxygens (including phenoxy) is 1. The second-order valence-corrected chi connectivity index (χ2v) is 8.30. The number of nitrogens with zero attached hydrogens (tertiary/aromatic N) is 2. The summed E-state index contributed by atoms with van der Waals surface area (Å²) in [5.41, 5.74) is 2.30. The summed E-state index contributed by atoms with van der Waals surface area (Å²) in [5, 5.41) is 9.41. The minimum Gasteiger partial charge on any atom is -0.484 e. The molecule has 0 saturated carbocycles. The van der Waals surface area contributed by atoms with Crippen LogP contribution in [0.15, 0.2) is 54.0 Å². The SMILES string of the molecule is CC(C)(C)c1ccc(OCC(=O)NCCn2ccc(-c3cccs3)n2)cc1. The molecule has 3 rings (SSSR count). The van der Waals surface area contributed by atoms with E-state index in [0.29, 0.717) is 18.8 Å². The van der Waals surface area contributed by atoms with Crippen LogP contribution in [0.1, 0.15) is 26.3 Å². The molecule has 0 aliphatic heterocycles. The number of aromatic nitrogens is 2. The second kappa shape index (κ2) is 8.39. The predicted octanol–water partition coefficient (Wildman–Crippen LogP) is 4.10. The fourth-order valence-electron chi connectivity index (χ4n) is 2.60. The monoisotopic (exact) mass is 383 g/mol. The van der Waals surface area contributed by atoms with Crippen LogP contribution >= 0.6 is 11.3 Å². The summed E-state index contributed by atoms with van der Waals surface area (Å²) in [5.74, 6) is 0.561. The Morgan fingerprint density at radius 2 is 1.96 bits per heavy atom. The molecule has 142 valence electrons. The number of amides is 1. The number of carbonyl (C=O) groups is 1. The van der Waals surface area contributed by atoms with E-state index in [0.717, 1.165) is 10.6 Å². The van der Waals surface area contributed by atoms with E-state index in [2.05, 4.69) is 31.2 Å². The molecule has 0 radical (unpaired) electrons. The van der Waals surface area contributed by atoms with E-state index >= 15 is 0 Å². The maximum absolute atomic E-state index is 12.0. The number of hydrogen-bond acceptors (Lipinski definition) is 4. The molecule has 1 aromatic carbocycles. The van der Waals surface area contributed by atoms with Crippen LogP contribution in [0.25, 0.3) is 10.6 Å². The zero-order chi connectivity index (χ0) is 19.3. The van der Waals surface area contributed by atoms with Gasteiger partial charge in [-0.15, -0.1) is 11.3 Å². The van der Waals surface area contributed by atoms with Gasteiger partial charge in [0.05, 0.1) is 11.4 Å². The quantitative estimate of drug-likeness (QED) is 0.668. The van der Waals surface area contributed by atoms with E-state index < -0.39 is 0 Å². The Balaban J connectivity index is 1.40. The molecular weight excluding hydrogens is 358 g/mol. The number of rotatable bonds is 7. The summed E-state index contributed by atoms with van der Waals surface area (Å²) >= 11 is 1.66. The molecule has 3 aromatic rings. The van der Waals surface area contributed by atoms with Gasteiger partial charge in [0, 0.05) is 12.7 Å². The van der Waals surface area contributed by atoms with Crippen molar-refractivity contribution in [1.29, 1.82) is 0 Å². The third-order valence-corrected chi connectivity index (χ3v) is 5.06. The number of carbonyl (C=O) groups excluding carboxylic acids is 1. The lowest BCUT2D eigenvalue weighted by molar-refractivity contribution is -0.123. The Kier molecular flexibility index (Phi) is 5.96. The molecule has 6 heteroatoms. The van der Waals surface area contributed by atoms with Crippen LogP contribution in [-0.2, 0) is 16.8 Å². The summed E-state index contributed by atoms with van der Waals surface area (Å²) in [6, 6.07) is 13.9. The Morgan fingerprint density at radius 1 is 1.19 bits per heavy atom. The van der Waals surface area contributed by atoms with Crippen molar-refractivity contribution in [3.8, 4) is 16.3 Å². The number of benzene rings is 1. The Hall–Kier alpha value is -2.60. The average Bonchev–Trinajstić information content (AvgIpc) is 3.31. The van der Waals surface area contributed by atoms with E-state index in [1.54, 1.807) is 11.3 Å². The lowest BCUT2D eigenvalue weighted by Crippen LogP contribution is -2.31. The Morgan fingerprint density at radius 3 is 2.63 bits per heavy atom. The van der Waals surface area contributed by atoms with Gasteiger partial charge < -0.3 is 10.1 Å². The van der Waals surface area contributed by atoms with Gasteiger partial charge in [-0.25, -0.2) is 0 Å². The maximum Gasteiger partial charge on any atom is 0.258 e. The van der Waals surface area contributed by atoms with E-state index in [1.807, 2.05) is 58.7 Å². The standard InChI is InChI=1S/C21H25N3O2S/c1-21(2,3)16-6-8-17(9-7-16)26-15-20(25)22-11-13-24-12-10-18(23-24)19-5-4-14-27-19/h4-10,12,14H,11,13,15H2,1-3H3,(H,22,25). The van der Waals surface area contributed by atoms with Crippen LogP contribution < -0.4 is 10.1 Å². The van der Waals surface area contributed by atoms with E-state index in [1.165, 1.54) is 5.56 Å². The van der Waals surface area contributed by atoms with Crippen LogP contribution in [0, 0.1) is 0 Å². The van der Waals surface area contributed by atoms with Gasteiger partial charge in [0.25, 0.3) is 5.91 Å². The van der Waals surface area contributed by atoms with E-state index in [-0.39, 0.29) is 17.9 Å². The zero-order valence-corrected chi connectivity index (χ0v) is 16.8. The number of hydrogen-bond donors (Lipinski definition) is 1. The zero-order valence-electron chi connectivity index (χ0n) is 15.9. The van der Waals surface area contributed by atoms with Crippen molar-refractivity contribution in [3.05, 3.63) is 59.6 Å². The first-order valence-corrected chi connectivity index (χ1v) is 9.87. The van der Waals surface area contributed by atoms with Crippen molar-refractivity contribution in [2.45, 2.75) is 32.7 Å². The van der Waals surface area contributed by atoms with Gasteiger partial charge in [-0.2, -0.15) is 5.10 Å². The maximum atomic E-state index is 12.0. The van der Waals surface area contributed by atoms with Crippen LogP contribution in [0.4, 0.5) is 0 Å². The third kappa shape index (κ3) is 5.44. The predicted molar refractivity (Wildman–Crippen MR) is 109 cm³/mol. The van der Waals surface area contributed by atoms with Gasteiger partial charge in [0.15, 0.2) is 6.61 Å². The molecule has 2 heterocycles. The summed E-state index contributed by atoms with van der Waals surface area (Å²) in [6.07, 6.45) is 1.93. The highest BCUT2D eigenvalue weighted by molar-refractivity contribution is 7.13. The van der Waals surface area contributed by atoms with Crippen LogP contribution in [0.5, 0.6) is 5.75 Å². The smallest absolute Gasteiger partial charge is 0.258 e. The average molecular weight is 384 g/mol. The van der Waals surface area contributed by atoms with Gasteiger partial charge in [0.1, 0.15) is 11.4 Å². The minimum absolute atomic E-state index is 0.00835. The lowest BCUT2D eigenvalue weighted by atomic mass is 9.87. The molecule has 5 nitrogen and oxygen atoms in total. The van der Waals surface area contributed by atoms with Crippen molar-refractivity contribution < 1.29 is 9.53 Å². The molecule has 0 bridgehead atoms. The number of thiophene rings is 1. The summed E-state index contributed by atoms with van der Waals surface area (Å²) < 4.78 is 7.39. The highest BCUT2D eigenvalue weighted by Gasteiger charge is 2.13. The first kappa shape index (κ1) is 19.2. The Labute approximate surface area is 164 Å². The molecule has 1 amide bonds. The first-order valence-electron chi connectivity index (χ1n) is 8.99. The molecule has 0 aliphatic carbocycles. The summed E-state index contributed by atoms with van der Waals surface area (Å²) in [4.78, 5) is 13.1. The topological polar surface area (TPSA) is 56.1 Å². The van der Waals surface area contributed by atoms with Crippen molar-refractivity contribution in [3.63, 3.8) is 0 Å². The highest BCUT2D eigenvalue weighted by Crippen LogP contribution is 2.24. The Bertz CT molecular complexity index is 862. The molecule has 0 saturated heterocycles. The largest absolute Gasteiger partial charge is 0.484 e. The van der Waals surface area contributed by atoms with Crippen LogP contribution in [-0.4, -0.2) is 28.8 Å². The van der Waals surface area contributed by atoms with Crippen molar-refractivity contribution in [2.75, 3.05) is 13.2 Å². The number of nitrogens with one attached hydrogen (secondary N) is 1. The van der Waals surface area contributed by atoms with Crippen molar-refractivity contribution in [1.82, 2.24) is 15.1 Å². The molecule has 1 N–H and O–H groups in total. The van der Waals surface area contributed by atoms with Crippen LogP contribution in [0.3, 0.4) is 0 Å². The molecule has 0 spiro atoms. The van der Waals surface area contributed by atoms with Crippen molar-refractivity contribution >= 4 is 17.2 Å². The van der Waals surface area contributed by atoms with E-state index in [4.69, 9.17) is 4.74 Å². The fourth-order valence-corrected chi connectivity index (χ4v) is 3.29. The van der Waals surface area contributed by atoms with Gasteiger partial charge in [0.2, 0.25) is 0 Å². The highest BCUT2D eigenvalue weighted by atomic mass is 32.1. The molecule has 0 aliphatic rings. The lowest BCUT2D eigenvalue weighted by Gasteiger charge is -2.19. The second-order valence-electron chi connectivity index (χ2n) is 7.35. The summed E-state index contributed by atoms with van der Waals surface area (Å²) in [6.45, 7) is 7.64. The van der Waals surface area contributed by atoms with Crippen molar-refractivity contribution in [2.24, 2.45) is 0 Å². The normalized spacial score (nSPS) is 11.4. The molecule has 0 fully saturated rings. The van der Waals surface area contributed by atoms with Gasteiger partial charge in [-0.1, -0.05) is 39.0 Å². The third-order valence-electron chi connectivity index (χ3n) is 4.17. The molecule has 0 atom stereocenters. The molecular formula is C21H25N3O2S. The van der Waals surface area contributed by atoms with Gasteiger partial charge >= 0.3 is 0 Å². The van der Waals surface area contributed by atoms with Gasteiger partial charge in [-0.3, -0.25) is 9.48 Å². The first-order chi connectivity index (χ1) is 12.9. The summed E-state index contributed by atoms with van der Waals surface area (Å²) in [7, 11) is 0. The molecule has 27 heavy (non-hydrogen) atoms. The van der Waals surface area contributed by atoms with Gasteiger partial charge in [-0.05, 0) is 40.6 Å². The fraction of sp³-hybridized carbons (Fsp3) is 0.333. The van der Waals surface area contributed by atoms with Crippen LogP contribution in [0.2, 0.25) is 0 Å². The molecule has 0 unspecified atom stereocenters. The van der Waals surface area contributed by atoms with E-state index in [9.17, 15) is 4.79 Å². The minimum atomic E-state index is -0.138. The molecule has 2 aromatic heterocycles.